The Balaban J connectivity index is 1.56. The molecule has 0 aliphatic rings. The lowest BCUT2D eigenvalue weighted by Gasteiger charge is -2.21. The van der Waals surface area contributed by atoms with Crippen LogP contribution >= 0.6 is 0 Å². The first-order valence-corrected chi connectivity index (χ1v) is 12.9. The third kappa shape index (κ3) is 5.42. The number of nitrogens with one attached hydrogen (secondary N) is 2. The summed E-state index contributed by atoms with van der Waals surface area (Å²) in [6, 6.07) is 17.6. The van der Waals surface area contributed by atoms with Gasteiger partial charge in [-0.3, -0.25) is 19.0 Å². The lowest BCUT2D eigenvalue weighted by Crippen LogP contribution is -2.32. The highest BCUT2D eigenvalue weighted by Gasteiger charge is 2.23. The highest BCUT2D eigenvalue weighted by molar-refractivity contribution is 6.04. The second-order valence-electron chi connectivity index (χ2n) is 9.21. The van der Waals surface area contributed by atoms with Crippen molar-refractivity contribution in [3.05, 3.63) is 113 Å². The number of rotatable bonds is 7. The summed E-state index contributed by atoms with van der Waals surface area (Å²) in [5.41, 5.74) is 8.07. The third-order valence-electron chi connectivity index (χ3n) is 6.49. The summed E-state index contributed by atoms with van der Waals surface area (Å²) in [4.78, 5) is 43.1. The van der Waals surface area contributed by atoms with Crippen LogP contribution in [-0.4, -0.2) is 37.5 Å². The Morgan fingerprint density at radius 1 is 1.15 bits per heavy atom. The highest BCUT2D eigenvalue weighted by atomic mass is 16.2. The first-order chi connectivity index (χ1) is 19.9. The first-order valence-electron chi connectivity index (χ1n) is 12.9. The van der Waals surface area contributed by atoms with E-state index in [9.17, 15) is 14.4 Å². The number of hydrogen-bond acceptors (Lipinski definition) is 6. The largest absolute Gasteiger partial charge is 0.381 e. The molecule has 5 aromatic rings. The van der Waals surface area contributed by atoms with Crippen LogP contribution in [0.4, 0.5) is 5.82 Å². The van der Waals surface area contributed by atoms with Crippen molar-refractivity contribution in [2.24, 2.45) is 0 Å². The van der Waals surface area contributed by atoms with Gasteiger partial charge in [0.2, 0.25) is 5.91 Å². The Bertz CT molecular complexity index is 1910. The van der Waals surface area contributed by atoms with Crippen molar-refractivity contribution >= 4 is 34.1 Å². The molecule has 3 aromatic heterocycles. The van der Waals surface area contributed by atoms with Crippen LogP contribution < -0.4 is 21.9 Å². The summed E-state index contributed by atoms with van der Waals surface area (Å²) < 4.78 is 3.03. The Hall–Kier alpha value is -5.69. The van der Waals surface area contributed by atoms with E-state index in [1.807, 2.05) is 48.5 Å². The monoisotopic (exact) mass is 545 g/mol. The van der Waals surface area contributed by atoms with Gasteiger partial charge >= 0.3 is 0 Å². The number of carbonyl (C=O) groups is 2. The van der Waals surface area contributed by atoms with Gasteiger partial charge in [0, 0.05) is 42.3 Å². The van der Waals surface area contributed by atoms with Crippen LogP contribution in [0.1, 0.15) is 41.0 Å². The van der Waals surface area contributed by atoms with E-state index in [2.05, 4.69) is 39.1 Å². The van der Waals surface area contributed by atoms with Crippen LogP contribution in [0, 0.1) is 11.8 Å². The molecule has 204 valence electrons. The molecular formula is C31H27N7O3. The van der Waals surface area contributed by atoms with Gasteiger partial charge in [-0.25, -0.2) is 9.50 Å². The van der Waals surface area contributed by atoms with E-state index in [1.54, 1.807) is 36.0 Å². The SMILES string of the molecule is C=CC(=O)NCCC#Cc1cccc2cc(C(C)NC(=O)c3c(N)nn4cccnc34)n(-c3ccccc3)c(=O)c12. The molecule has 5 rings (SSSR count). The van der Waals surface area contributed by atoms with Crippen LogP contribution in [0.15, 0.2) is 90.5 Å². The number of pyridine rings is 1. The number of nitrogens with two attached hydrogens (primary N) is 1. The number of hydrogen-bond donors (Lipinski definition) is 3. The highest BCUT2D eigenvalue weighted by Crippen LogP contribution is 2.24. The molecule has 41 heavy (non-hydrogen) atoms. The van der Waals surface area contributed by atoms with E-state index in [-0.39, 0.29) is 22.8 Å². The fourth-order valence-corrected chi connectivity index (χ4v) is 4.59. The molecule has 0 aliphatic carbocycles. The van der Waals surface area contributed by atoms with Crippen molar-refractivity contribution < 1.29 is 9.59 Å². The molecule has 4 N–H and O–H groups in total. The zero-order valence-corrected chi connectivity index (χ0v) is 22.3. The number of amides is 2. The molecule has 2 aromatic carbocycles. The Kier molecular flexibility index (Phi) is 7.60. The minimum atomic E-state index is -0.596. The number of nitrogens with zero attached hydrogens (tertiary/aromatic N) is 4. The molecule has 10 heteroatoms. The van der Waals surface area contributed by atoms with Crippen molar-refractivity contribution in [3.63, 3.8) is 0 Å². The van der Waals surface area contributed by atoms with E-state index in [4.69, 9.17) is 5.73 Å². The van der Waals surface area contributed by atoms with Crippen molar-refractivity contribution in [2.75, 3.05) is 12.3 Å². The van der Waals surface area contributed by atoms with E-state index in [0.717, 1.165) is 0 Å². The molecule has 1 unspecified atom stereocenters. The van der Waals surface area contributed by atoms with Crippen molar-refractivity contribution in [1.29, 1.82) is 0 Å². The normalized spacial score (nSPS) is 11.4. The van der Waals surface area contributed by atoms with Crippen LogP contribution in [0.2, 0.25) is 0 Å². The molecule has 0 saturated heterocycles. The molecule has 0 aliphatic heterocycles. The average molecular weight is 546 g/mol. The number of carbonyl (C=O) groups excluding carboxylic acids is 2. The molecule has 3 heterocycles. The van der Waals surface area contributed by atoms with Crippen molar-refractivity contribution in [1.82, 2.24) is 29.8 Å². The lowest BCUT2D eigenvalue weighted by atomic mass is 10.0. The second kappa shape index (κ2) is 11.6. The summed E-state index contributed by atoms with van der Waals surface area (Å²) in [5, 5.41) is 11.0. The van der Waals surface area contributed by atoms with Gasteiger partial charge in [0.15, 0.2) is 11.5 Å². The number of aromatic nitrogens is 4. The topological polar surface area (TPSA) is 136 Å². The lowest BCUT2D eigenvalue weighted by molar-refractivity contribution is -0.116. The van der Waals surface area contributed by atoms with Gasteiger partial charge in [-0.05, 0) is 48.7 Å². The van der Waals surface area contributed by atoms with Gasteiger partial charge in [0.05, 0.1) is 11.4 Å². The Morgan fingerprint density at radius 3 is 2.73 bits per heavy atom. The maximum Gasteiger partial charge on any atom is 0.264 e. The van der Waals surface area contributed by atoms with Crippen molar-refractivity contribution in [2.45, 2.75) is 19.4 Å². The van der Waals surface area contributed by atoms with Crippen LogP contribution in [0.25, 0.3) is 22.1 Å². The number of para-hydroxylation sites is 1. The van der Waals surface area contributed by atoms with Crippen LogP contribution in [0.5, 0.6) is 0 Å². The van der Waals surface area contributed by atoms with E-state index < -0.39 is 11.9 Å². The van der Waals surface area contributed by atoms with Gasteiger partial charge in [0.25, 0.3) is 11.5 Å². The summed E-state index contributed by atoms with van der Waals surface area (Å²) in [5.74, 6) is 5.44. The van der Waals surface area contributed by atoms with Crippen LogP contribution in [-0.2, 0) is 4.79 Å². The zero-order valence-electron chi connectivity index (χ0n) is 22.3. The molecule has 0 fully saturated rings. The standard InChI is InChI=1S/C31H27N7O3/c1-3-25(39)33-16-8-7-11-21-12-9-13-22-19-24(38(31(41)26(21)22)23-14-5-4-6-15-23)20(2)35-30(40)27-28(32)36-37-18-10-17-34-29(27)37/h3-6,9-10,12-15,17-20H,1,8,16H2,2H3,(H2,32,36)(H,33,39)(H,35,40). The average Bonchev–Trinajstić information content (AvgIpc) is 3.32. The van der Waals surface area contributed by atoms with Gasteiger partial charge in [-0.1, -0.05) is 48.8 Å². The van der Waals surface area contributed by atoms with E-state index in [1.165, 1.54) is 10.6 Å². The predicted octanol–water partition coefficient (Wildman–Crippen LogP) is 3.15. The summed E-state index contributed by atoms with van der Waals surface area (Å²) in [6.07, 6.45) is 4.83. The smallest absolute Gasteiger partial charge is 0.264 e. The summed E-state index contributed by atoms with van der Waals surface area (Å²) in [6.45, 7) is 5.59. The van der Waals surface area contributed by atoms with Crippen molar-refractivity contribution in [3.8, 4) is 17.5 Å². The quantitative estimate of drug-likeness (QED) is 0.163. The van der Waals surface area contributed by atoms with E-state index in [0.29, 0.717) is 46.3 Å². The molecule has 0 radical (unpaired) electrons. The van der Waals surface area contributed by atoms with Gasteiger partial charge in [-0.2, -0.15) is 0 Å². The fraction of sp³-hybridized carbons (Fsp3) is 0.129. The second-order valence-corrected chi connectivity index (χ2v) is 9.21. The zero-order chi connectivity index (χ0) is 28.9. The van der Waals surface area contributed by atoms with Gasteiger partial charge in [0.1, 0.15) is 5.56 Å². The van der Waals surface area contributed by atoms with E-state index >= 15 is 0 Å². The molecule has 0 spiro atoms. The van der Waals surface area contributed by atoms with Gasteiger partial charge in [-0.15, -0.1) is 5.10 Å². The molecular weight excluding hydrogens is 518 g/mol. The number of nitrogen functional groups attached to an aromatic ring is 1. The molecule has 10 nitrogen and oxygen atoms in total. The maximum absolute atomic E-state index is 14.1. The summed E-state index contributed by atoms with van der Waals surface area (Å²) >= 11 is 0. The first kappa shape index (κ1) is 26.9. The summed E-state index contributed by atoms with van der Waals surface area (Å²) in [7, 11) is 0. The van der Waals surface area contributed by atoms with Gasteiger partial charge < -0.3 is 16.4 Å². The third-order valence-corrected chi connectivity index (χ3v) is 6.49. The minimum absolute atomic E-state index is 0.0552. The minimum Gasteiger partial charge on any atom is -0.381 e. The molecule has 1 atom stereocenters. The number of anilines is 1. The van der Waals surface area contributed by atoms with Crippen LogP contribution in [0.3, 0.4) is 0 Å². The number of benzene rings is 2. The Labute approximate surface area is 235 Å². The molecule has 0 saturated carbocycles. The number of fused-ring (bicyclic) bond motifs is 2. The molecule has 2 amide bonds. The predicted molar refractivity (Wildman–Crippen MR) is 158 cm³/mol. The maximum atomic E-state index is 14.1. The Morgan fingerprint density at radius 2 is 1.95 bits per heavy atom. The fourth-order valence-electron chi connectivity index (χ4n) is 4.59. The molecule has 0 bridgehead atoms.